The summed E-state index contributed by atoms with van der Waals surface area (Å²) in [6, 6.07) is 154. The molecule has 20 aromatic rings. The van der Waals surface area contributed by atoms with Gasteiger partial charge in [-0.1, -0.05) is 367 Å². The number of furan rings is 2. The van der Waals surface area contributed by atoms with Crippen LogP contribution in [0.25, 0.3) is 111 Å². The molecule has 0 unspecified atom stereocenters. The highest BCUT2D eigenvalue weighted by molar-refractivity contribution is 6.30. The zero-order chi connectivity index (χ0) is 81.1. The molecular weight excluding hydrogens is 1490 g/mol. The normalized spacial score (nSPS) is 13.9. The zero-order valence-corrected chi connectivity index (χ0v) is 68.3. The van der Waals surface area contributed by atoms with Crippen molar-refractivity contribution in [2.24, 2.45) is 0 Å². The van der Waals surface area contributed by atoms with E-state index in [0.717, 1.165) is 77.3 Å². The van der Waals surface area contributed by atoms with E-state index in [2.05, 4.69) is 432 Å². The van der Waals surface area contributed by atoms with Crippen LogP contribution in [-0.4, -0.2) is 0 Å². The molecule has 0 saturated carbocycles. The molecule has 0 atom stereocenters. The molecule has 0 bridgehead atoms. The molecule has 0 fully saturated rings. The average Bonchev–Trinajstić information content (AvgIpc) is 1.54. The van der Waals surface area contributed by atoms with Crippen LogP contribution < -0.4 is 10.2 Å². The van der Waals surface area contributed by atoms with Gasteiger partial charge in [-0.05, 0) is 231 Å². The number of para-hydroxylation sites is 2. The van der Waals surface area contributed by atoms with Crippen molar-refractivity contribution < 1.29 is 8.83 Å². The fourth-order valence-corrected chi connectivity index (χ4v) is 21.1. The standard InChI is InChI=1S/C58H41NO.C37H25NO.C21H17Cl/c1-57(2)51-25-12-9-21-46(51)49-24-15-23-44(56(49)57)38-28-30-41(31-29-38)59(42-33-35-55-50(36-42)48-22-11-14-27-54(48)60-55)43-32-34-47-45-20-10-13-26-52(45)58(53(47)37-43,39-16-5-3-6-17-39)40-18-7-4-8-19-40;1-3-11-25(12-4-1)37(26-13-5-2-6-14-26)33-17-9-7-15-29(33)30-21-19-28(24-34(30)37)38-27-20-22-36-32(23-27)31-16-8-10-18-35(31)39-36;1-21(2)19-9-4-3-6-17(19)18-8-5-7-16(20(18)21)14-10-12-15(22)13-11-14/h3-37H,1-2H3;1-24,38H;3-13H,1-2H3. The molecule has 4 nitrogen and oxygen atoms in total. The molecule has 0 amide bonds. The summed E-state index contributed by atoms with van der Waals surface area (Å²) in [7, 11) is 0. The van der Waals surface area contributed by atoms with E-state index in [1.165, 1.54) is 134 Å². The molecule has 24 rings (SSSR count). The SMILES string of the molecule is CC1(C)c2ccccc2-c2cccc(-c3ccc(Cl)cc3)c21.CC1(C)c2ccccc2-c2cccc(-c3ccc(N(c4ccc5c(c4)C(c4ccccc4)(c4ccccc4)c4ccccc4-5)c4ccc5oc6ccccc6c5c4)cc3)c21.c1ccc(C2(c3ccccc3)c3ccccc3-c3ccc(Nc4ccc5oc6ccccc6c5c4)cc32)cc1. The molecule has 0 radical (unpaired) electrons. The molecule has 0 spiro atoms. The highest BCUT2D eigenvalue weighted by Crippen LogP contribution is 2.61. The lowest BCUT2D eigenvalue weighted by molar-refractivity contribution is 0.662. The van der Waals surface area contributed by atoms with Gasteiger partial charge in [-0.25, -0.2) is 0 Å². The first-order chi connectivity index (χ1) is 59.4. The highest BCUT2D eigenvalue weighted by Gasteiger charge is 2.49. The quantitative estimate of drug-likeness (QED) is 0.140. The van der Waals surface area contributed by atoms with Crippen LogP contribution in [0.5, 0.6) is 0 Å². The predicted octanol–water partition coefficient (Wildman–Crippen LogP) is 31.4. The Balaban J connectivity index is 0.000000122. The fraction of sp³-hybridized carbons (Fsp3) is 0.0690. The maximum Gasteiger partial charge on any atom is 0.135 e. The smallest absolute Gasteiger partial charge is 0.135 e. The predicted molar refractivity (Wildman–Crippen MR) is 504 cm³/mol. The number of halogens is 1. The number of fused-ring (bicyclic) bond motifs is 18. The average molecular weight is 1570 g/mol. The second-order valence-corrected chi connectivity index (χ2v) is 33.9. The zero-order valence-electron chi connectivity index (χ0n) is 67.6. The molecule has 4 aliphatic rings. The molecule has 5 heteroatoms. The monoisotopic (exact) mass is 1570 g/mol. The van der Waals surface area contributed by atoms with E-state index in [1.54, 1.807) is 0 Å². The van der Waals surface area contributed by atoms with Gasteiger partial charge in [-0.3, -0.25) is 0 Å². The Hall–Kier alpha value is -14.6. The molecular formula is C116H83ClN2O2. The molecule has 2 aromatic heterocycles. The fourth-order valence-electron chi connectivity index (χ4n) is 21.0. The van der Waals surface area contributed by atoms with Crippen LogP contribution in [0, 0.1) is 0 Å². The molecule has 4 aliphatic carbocycles. The first-order valence-corrected chi connectivity index (χ1v) is 42.2. The molecule has 0 saturated heterocycles. The lowest BCUT2D eigenvalue weighted by Crippen LogP contribution is -2.28. The Morgan fingerprint density at radius 2 is 0.554 bits per heavy atom. The summed E-state index contributed by atoms with van der Waals surface area (Å²) in [6.07, 6.45) is 0. The minimum Gasteiger partial charge on any atom is -0.456 e. The van der Waals surface area contributed by atoms with E-state index in [-0.39, 0.29) is 10.8 Å². The van der Waals surface area contributed by atoms with Gasteiger partial charge in [0.1, 0.15) is 22.3 Å². The maximum absolute atomic E-state index is 6.34. The summed E-state index contributed by atoms with van der Waals surface area (Å²) in [5, 5.41) is 8.95. The van der Waals surface area contributed by atoms with Crippen molar-refractivity contribution in [1.29, 1.82) is 0 Å². The second-order valence-electron chi connectivity index (χ2n) is 33.4. The van der Waals surface area contributed by atoms with E-state index in [9.17, 15) is 0 Å². The van der Waals surface area contributed by atoms with Gasteiger partial charge in [-0.15, -0.1) is 0 Å². The number of hydrogen-bond acceptors (Lipinski definition) is 4. The van der Waals surface area contributed by atoms with E-state index in [4.69, 9.17) is 20.4 Å². The molecule has 121 heavy (non-hydrogen) atoms. The van der Waals surface area contributed by atoms with Crippen LogP contribution in [0.4, 0.5) is 28.4 Å². The molecule has 18 aromatic carbocycles. The molecule has 1 N–H and O–H groups in total. The minimum absolute atomic E-state index is 0.0160. The maximum atomic E-state index is 6.34. The second kappa shape index (κ2) is 28.9. The molecule has 2 heterocycles. The van der Waals surface area contributed by atoms with E-state index >= 15 is 0 Å². The largest absolute Gasteiger partial charge is 0.456 e. The van der Waals surface area contributed by atoms with Gasteiger partial charge in [-0.2, -0.15) is 0 Å². The van der Waals surface area contributed by atoms with Gasteiger partial charge >= 0.3 is 0 Å². The first kappa shape index (κ1) is 72.9. The van der Waals surface area contributed by atoms with Crippen LogP contribution in [-0.2, 0) is 21.7 Å². The molecule has 0 aliphatic heterocycles. The van der Waals surface area contributed by atoms with Gasteiger partial charge in [0.15, 0.2) is 0 Å². The summed E-state index contributed by atoms with van der Waals surface area (Å²) in [4.78, 5) is 2.42. The Morgan fingerprint density at radius 1 is 0.231 bits per heavy atom. The van der Waals surface area contributed by atoms with E-state index < -0.39 is 10.8 Å². The third-order valence-electron chi connectivity index (χ3n) is 26.2. The van der Waals surface area contributed by atoms with Crippen LogP contribution in [0.15, 0.2) is 433 Å². The van der Waals surface area contributed by atoms with Gasteiger partial charge in [0.05, 0.1) is 10.8 Å². The van der Waals surface area contributed by atoms with Gasteiger partial charge in [0, 0.05) is 65.8 Å². The number of hydrogen-bond donors (Lipinski definition) is 1. The van der Waals surface area contributed by atoms with Crippen LogP contribution in [0.1, 0.15) is 94.5 Å². The van der Waals surface area contributed by atoms with Crippen LogP contribution >= 0.6 is 11.6 Å². The Morgan fingerprint density at radius 3 is 1.04 bits per heavy atom. The minimum atomic E-state index is -0.511. The van der Waals surface area contributed by atoms with Crippen molar-refractivity contribution in [2.45, 2.75) is 49.4 Å². The van der Waals surface area contributed by atoms with Crippen molar-refractivity contribution in [3.8, 4) is 66.8 Å². The number of nitrogens with one attached hydrogen (secondary N) is 1. The molecule has 576 valence electrons. The van der Waals surface area contributed by atoms with Gasteiger partial charge < -0.3 is 19.1 Å². The number of nitrogens with zero attached hydrogens (tertiary/aromatic N) is 1. The summed E-state index contributed by atoms with van der Waals surface area (Å²) in [6.45, 7) is 9.36. The lowest BCUT2D eigenvalue weighted by Gasteiger charge is -2.35. The van der Waals surface area contributed by atoms with Crippen molar-refractivity contribution in [3.63, 3.8) is 0 Å². The first-order valence-electron chi connectivity index (χ1n) is 41.9. The Kier molecular flexibility index (Phi) is 17.4. The van der Waals surface area contributed by atoms with Crippen molar-refractivity contribution >= 4 is 83.9 Å². The summed E-state index contributed by atoms with van der Waals surface area (Å²) < 4.78 is 12.4. The summed E-state index contributed by atoms with van der Waals surface area (Å²) >= 11 is 6.05. The third kappa shape index (κ3) is 11.6. The van der Waals surface area contributed by atoms with Gasteiger partial charge in [0.2, 0.25) is 0 Å². The van der Waals surface area contributed by atoms with Crippen LogP contribution in [0.3, 0.4) is 0 Å². The van der Waals surface area contributed by atoms with Crippen molar-refractivity contribution in [1.82, 2.24) is 0 Å². The Bertz CT molecular complexity index is 7350. The van der Waals surface area contributed by atoms with Gasteiger partial charge in [0.25, 0.3) is 0 Å². The number of benzene rings is 18. The summed E-state index contributed by atoms with van der Waals surface area (Å²) in [5.41, 5.74) is 39.3. The lowest BCUT2D eigenvalue weighted by atomic mass is 9.67. The number of anilines is 5. The van der Waals surface area contributed by atoms with E-state index in [0.29, 0.717) is 0 Å². The van der Waals surface area contributed by atoms with E-state index in [1.807, 2.05) is 30.3 Å². The number of rotatable bonds is 11. The topological polar surface area (TPSA) is 41.6 Å². The third-order valence-corrected chi connectivity index (χ3v) is 26.4. The van der Waals surface area contributed by atoms with Crippen LogP contribution in [0.2, 0.25) is 5.02 Å². The van der Waals surface area contributed by atoms with Crippen molar-refractivity contribution in [3.05, 3.63) is 496 Å². The summed E-state index contributed by atoms with van der Waals surface area (Å²) in [5.74, 6) is 0. The highest BCUT2D eigenvalue weighted by atomic mass is 35.5. The van der Waals surface area contributed by atoms with Crippen molar-refractivity contribution in [2.75, 3.05) is 10.2 Å². The Labute approximate surface area is 710 Å².